The monoisotopic (exact) mass is 507 g/mol. The molecular weight excluding hydrogens is 469 g/mol. The first-order valence-corrected chi connectivity index (χ1v) is 14.2. The summed E-state index contributed by atoms with van der Waals surface area (Å²) in [5, 5.41) is 4.37. The minimum atomic E-state index is -0.669. The quantitative estimate of drug-likeness (QED) is 0.402. The highest BCUT2D eigenvalue weighted by Gasteiger charge is 2.30. The van der Waals surface area contributed by atoms with Crippen molar-refractivity contribution in [3.63, 3.8) is 0 Å². The smallest absolute Gasteiger partial charge is 0.261 e. The summed E-state index contributed by atoms with van der Waals surface area (Å²) in [6.07, 6.45) is 4.61. The summed E-state index contributed by atoms with van der Waals surface area (Å²) < 4.78 is 13.6. The lowest BCUT2D eigenvalue weighted by Crippen LogP contribution is -2.37. The molecule has 1 fully saturated rings. The van der Waals surface area contributed by atoms with Gasteiger partial charge in [-0.15, -0.1) is 11.3 Å². The summed E-state index contributed by atoms with van der Waals surface area (Å²) in [4.78, 5) is 22.4. The predicted molar refractivity (Wildman–Crippen MR) is 146 cm³/mol. The minimum absolute atomic E-state index is 0.0418. The molecule has 3 heterocycles. The number of carbonyl (C=O) groups excluding carboxylic acids is 1. The van der Waals surface area contributed by atoms with Crippen LogP contribution >= 0.6 is 11.3 Å². The first-order valence-electron chi connectivity index (χ1n) is 13.4. The molecule has 0 spiro atoms. The van der Waals surface area contributed by atoms with Crippen molar-refractivity contribution in [2.24, 2.45) is 11.3 Å². The summed E-state index contributed by atoms with van der Waals surface area (Å²) in [5.41, 5.74) is 3.95. The number of fused-ring (bicyclic) bond motifs is 2. The maximum atomic E-state index is 13.6. The summed E-state index contributed by atoms with van der Waals surface area (Å²) >= 11 is 1.49. The molecule has 36 heavy (non-hydrogen) atoms. The van der Waals surface area contributed by atoms with Gasteiger partial charge in [-0.05, 0) is 73.1 Å². The van der Waals surface area contributed by atoms with Crippen LogP contribution in [0.15, 0.2) is 42.5 Å². The minimum Gasteiger partial charge on any atom is -0.344 e. The van der Waals surface area contributed by atoms with Crippen molar-refractivity contribution >= 4 is 27.5 Å². The summed E-state index contributed by atoms with van der Waals surface area (Å²) in [6.45, 7) is 9.41. The lowest BCUT2D eigenvalue weighted by atomic mass is 9.71. The third-order valence-corrected chi connectivity index (χ3v) is 9.12. The van der Waals surface area contributed by atoms with Gasteiger partial charge < -0.3 is 10.2 Å². The molecule has 2 aromatic heterocycles. The zero-order valence-corrected chi connectivity index (χ0v) is 22.5. The molecule has 0 saturated carbocycles. The third-order valence-electron chi connectivity index (χ3n) is 8.08. The van der Waals surface area contributed by atoms with Gasteiger partial charge in [0.25, 0.3) is 5.91 Å². The third kappa shape index (κ3) is 5.81. The van der Waals surface area contributed by atoms with E-state index in [4.69, 9.17) is 4.98 Å². The maximum absolute atomic E-state index is 13.6. The van der Waals surface area contributed by atoms with Gasteiger partial charge >= 0.3 is 0 Å². The second-order valence-electron chi connectivity index (χ2n) is 11.6. The molecule has 1 aliphatic heterocycles. The Morgan fingerprint density at radius 1 is 1.17 bits per heavy atom. The molecule has 2 atom stereocenters. The van der Waals surface area contributed by atoms with E-state index in [9.17, 15) is 9.18 Å². The van der Waals surface area contributed by atoms with E-state index in [1.54, 1.807) is 0 Å². The molecule has 0 bridgehead atoms. The normalized spacial score (nSPS) is 20.3. The van der Waals surface area contributed by atoms with Gasteiger partial charge in [-0.25, -0.2) is 9.37 Å². The number of aryl methyl sites for hydroxylation is 1. The average molecular weight is 508 g/mol. The molecule has 0 unspecified atom stereocenters. The molecule has 1 aliphatic carbocycles. The van der Waals surface area contributed by atoms with Gasteiger partial charge in [0.2, 0.25) is 0 Å². The first kappa shape index (κ1) is 25.3. The Morgan fingerprint density at radius 2 is 1.92 bits per heavy atom. The topological polar surface area (TPSA) is 45.2 Å². The second kappa shape index (κ2) is 10.6. The van der Waals surface area contributed by atoms with Crippen LogP contribution in [-0.2, 0) is 12.8 Å². The molecule has 4 nitrogen and oxygen atoms in total. The zero-order chi connectivity index (χ0) is 25.3. The Kier molecular flexibility index (Phi) is 7.45. The van der Waals surface area contributed by atoms with Crippen molar-refractivity contribution in [2.45, 2.75) is 71.5 Å². The van der Waals surface area contributed by atoms with Gasteiger partial charge in [0.05, 0.1) is 10.9 Å². The molecular formula is C30H38FN3OS. The highest BCUT2D eigenvalue weighted by Crippen LogP contribution is 2.38. The number of aromatic nitrogens is 1. The number of hydrogen-bond acceptors (Lipinski definition) is 4. The number of carbonyl (C=O) groups is 1. The Hall–Kier alpha value is -2.31. The first-order chi connectivity index (χ1) is 17.3. The number of alkyl halides is 1. The highest BCUT2D eigenvalue weighted by atomic mass is 32.1. The predicted octanol–water partition coefficient (Wildman–Crippen LogP) is 6.74. The van der Waals surface area contributed by atoms with E-state index in [1.165, 1.54) is 29.0 Å². The number of halogens is 1. The molecule has 1 saturated heterocycles. The molecule has 1 aromatic carbocycles. The van der Waals surface area contributed by atoms with Gasteiger partial charge in [-0.1, -0.05) is 51.1 Å². The van der Waals surface area contributed by atoms with Crippen molar-refractivity contribution in [3.05, 3.63) is 64.2 Å². The van der Waals surface area contributed by atoms with Crippen LogP contribution in [0, 0.1) is 11.3 Å². The number of piperidine rings is 1. The molecule has 3 aromatic rings. The van der Waals surface area contributed by atoms with Gasteiger partial charge in [-0.2, -0.15) is 0 Å². The van der Waals surface area contributed by atoms with Crippen molar-refractivity contribution < 1.29 is 9.18 Å². The number of thiophene rings is 1. The molecule has 1 amide bonds. The number of rotatable bonds is 6. The number of nitrogens with one attached hydrogen (secondary N) is 1. The van der Waals surface area contributed by atoms with Crippen LogP contribution in [0.2, 0.25) is 0 Å². The van der Waals surface area contributed by atoms with E-state index >= 15 is 0 Å². The van der Waals surface area contributed by atoms with E-state index in [-0.39, 0.29) is 11.9 Å². The molecule has 2 aliphatic rings. The van der Waals surface area contributed by atoms with Crippen molar-refractivity contribution in [2.75, 3.05) is 19.6 Å². The van der Waals surface area contributed by atoms with E-state index in [1.807, 2.05) is 24.3 Å². The molecule has 6 heteroatoms. The summed E-state index contributed by atoms with van der Waals surface area (Å²) in [6, 6.07) is 14.4. The Bertz CT molecular complexity index is 1190. The van der Waals surface area contributed by atoms with E-state index < -0.39 is 6.17 Å². The standard InChI is InChI=1S/C30H38FN3OS/c1-30(2,3)23-9-10-25-21(18-23)17-22-19-27(36-29(22)33-25)28(35)32-26(20-7-5-4-6-8-20)13-16-34-14-11-24(31)12-15-34/h4-8,17,19,23-24,26H,9-16,18H2,1-3H3,(H,32,35)/t23-,26+/m0/s1. The number of likely N-dealkylation sites (tertiary alicyclic amines) is 1. The fourth-order valence-corrected chi connectivity index (χ4v) is 6.59. The lowest BCUT2D eigenvalue weighted by molar-refractivity contribution is 0.0931. The van der Waals surface area contributed by atoms with Crippen molar-refractivity contribution in [1.82, 2.24) is 15.2 Å². The summed E-state index contributed by atoms with van der Waals surface area (Å²) in [7, 11) is 0. The van der Waals surface area contributed by atoms with Crippen molar-refractivity contribution in [3.8, 4) is 0 Å². The van der Waals surface area contributed by atoms with Crippen LogP contribution in [0.3, 0.4) is 0 Å². The van der Waals surface area contributed by atoms with Crippen molar-refractivity contribution in [1.29, 1.82) is 0 Å². The molecule has 1 N–H and O–H groups in total. The Morgan fingerprint density at radius 3 is 2.64 bits per heavy atom. The molecule has 5 rings (SSSR count). The second-order valence-corrected chi connectivity index (χ2v) is 12.7. The van der Waals surface area contributed by atoms with Crippen LogP contribution in [-0.4, -0.2) is 41.6 Å². The fourth-order valence-electron chi connectivity index (χ4n) is 5.65. The van der Waals surface area contributed by atoms with Gasteiger partial charge in [0.1, 0.15) is 11.0 Å². The van der Waals surface area contributed by atoms with Gasteiger partial charge in [0.15, 0.2) is 0 Å². The summed E-state index contributed by atoms with van der Waals surface area (Å²) in [5.74, 6) is 0.618. The maximum Gasteiger partial charge on any atom is 0.261 e. The van der Waals surface area contributed by atoms with Crippen LogP contribution in [0.4, 0.5) is 4.39 Å². The molecule has 0 radical (unpaired) electrons. The molecule has 192 valence electrons. The number of nitrogens with zero attached hydrogens (tertiary/aromatic N) is 2. The Labute approximate surface area is 218 Å². The largest absolute Gasteiger partial charge is 0.344 e. The lowest BCUT2D eigenvalue weighted by Gasteiger charge is -2.34. The Balaban J connectivity index is 1.31. The van der Waals surface area contributed by atoms with Gasteiger partial charge in [0, 0.05) is 30.7 Å². The van der Waals surface area contributed by atoms with E-state index in [0.717, 1.165) is 54.7 Å². The van der Waals surface area contributed by atoms with Crippen LogP contribution in [0.25, 0.3) is 10.2 Å². The van der Waals surface area contributed by atoms with Crippen LogP contribution < -0.4 is 5.32 Å². The highest BCUT2D eigenvalue weighted by molar-refractivity contribution is 7.20. The number of hydrogen-bond donors (Lipinski definition) is 1. The van der Waals surface area contributed by atoms with E-state index in [0.29, 0.717) is 29.1 Å². The average Bonchev–Trinajstić information content (AvgIpc) is 3.28. The van der Waals surface area contributed by atoms with E-state index in [2.05, 4.69) is 49.2 Å². The van der Waals surface area contributed by atoms with Crippen LogP contribution in [0.5, 0.6) is 0 Å². The van der Waals surface area contributed by atoms with Crippen LogP contribution in [0.1, 0.15) is 79.0 Å². The fraction of sp³-hybridized carbons (Fsp3) is 0.533. The number of benzene rings is 1. The number of pyridine rings is 1. The number of amides is 1. The SMILES string of the molecule is CC(C)(C)[C@H]1CCc2nc3sc(C(=O)N[C@H](CCN4CCC(F)CC4)c4ccccc4)cc3cc2C1. The van der Waals surface area contributed by atoms with Gasteiger partial charge in [-0.3, -0.25) is 4.79 Å². The zero-order valence-electron chi connectivity index (χ0n) is 21.7.